The first kappa shape index (κ1) is 23.9. The highest BCUT2D eigenvalue weighted by Crippen LogP contribution is 2.17. The molecule has 32 heavy (non-hydrogen) atoms. The number of piperidine rings is 1. The summed E-state index contributed by atoms with van der Waals surface area (Å²) in [6.45, 7) is 6.72. The number of hydrogen-bond acceptors (Lipinski definition) is 4. The lowest BCUT2D eigenvalue weighted by atomic mass is 10.0. The molecule has 0 aromatic heterocycles. The molecular formula is C24H31N3O4S. The smallest absolute Gasteiger partial charge is 0.251 e. The zero-order valence-electron chi connectivity index (χ0n) is 18.8. The van der Waals surface area contributed by atoms with E-state index in [9.17, 15) is 18.0 Å². The lowest BCUT2D eigenvalue weighted by Crippen LogP contribution is -2.47. The summed E-state index contributed by atoms with van der Waals surface area (Å²) < 4.78 is 27.6. The van der Waals surface area contributed by atoms with Crippen molar-refractivity contribution in [1.82, 2.24) is 14.9 Å². The molecule has 0 spiro atoms. The van der Waals surface area contributed by atoms with Crippen LogP contribution in [0.15, 0.2) is 47.4 Å². The van der Waals surface area contributed by atoms with Gasteiger partial charge in [0.2, 0.25) is 15.9 Å². The van der Waals surface area contributed by atoms with Gasteiger partial charge in [0.1, 0.15) is 0 Å². The van der Waals surface area contributed by atoms with Crippen LogP contribution in [0.3, 0.4) is 0 Å². The molecule has 3 rings (SSSR count). The van der Waals surface area contributed by atoms with Crippen LogP contribution in [0.25, 0.3) is 0 Å². The van der Waals surface area contributed by atoms with E-state index < -0.39 is 10.0 Å². The molecule has 1 heterocycles. The van der Waals surface area contributed by atoms with Gasteiger partial charge in [0.05, 0.1) is 4.90 Å². The quantitative estimate of drug-likeness (QED) is 0.668. The molecule has 0 atom stereocenters. The van der Waals surface area contributed by atoms with E-state index in [4.69, 9.17) is 0 Å². The van der Waals surface area contributed by atoms with E-state index in [-0.39, 0.29) is 35.7 Å². The van der Waals surface area contributed by atoms with Crippen molar-refractivity contribution in [3.05, 3.63) is 64.7 Å². The maximum atomic E-state index is 12.5. The van der Waals surface area contributed by atoms with Gasteiger partial charge in [-0.3, -0.25) is 9.59 Å². The number of carbonyl (C=O) groups is 2. The minimum absolute atomic E-state index is 0.0224. The monoisotopic (exact) mass is 457 g/mol. The molecule has 1 fully saturated rings. The minimum Gasteiger partial charge on any atom is -0.349 e. The highest BCUT2D eigenvalue weighted by Gasteiger charge is 2.25. The van der Waals surface area contributed by atoms with Gasteiger partial charge in [-0.2, -0.15) is 0 Å². The van der Waals surface area contributed by atoms with E-state index in [1.807, 2.05) is 44.2 Å². The van der Waals surface area contributed by atoms with Crippen molar-refractivity contribution in [2.45, 2.75) is 51.0 Å². The Kier molecular flexibility index (Phi) is 7.69. The number of amides is 2. The molecule has 0 bridgehead atoms. The fourth-order valence-electron chi connectivity index (χ4n) is 3.99. The molecule has 8 heteroatoms. The van der Waals surface area contributed by atoms with Crippen LogP contribution >= 0.6 is 0 Å². The predicted molar refractivity (Wildman–Crippen MR) is 124 cm³/mol. The highest BCUT2D eigenvalue weighted by atomic mass is 32.2. The normalized spacial score (nSPS) is 14.9. The number of likely N-dealkylation sites (tertiary alicyclic amines) is 1. The van der Waals surface area contributed by atoms with E-state index in [2.05, 4.69) is 10.0 Å². The van der Waals surface area contributed by atoms with E-state index in [1.165, 1.54) is 0 Å². The van der Waals surface area contributed by atoms with Crippen LogP contribution in [0.4, 0.5) is 0 Å². The summed E-state index contributed by atoms with van der Waals surface area (Å²) in [7, 11) is -3.65. The van der Waals surface area contributed by atoms with Crippen molar-refractivity contribution in [2.75, 3.05) is 19.6 Å². The zero-order valence-corrected chi connectivity index (χ0v) is 19.7. The van der Waals surface area contributed by atoms with Crippen molar-refractivity contribution in [3.8, 4) is 0 Å². The molecule has 2 aromatic carbocycles. The number of hydrogen-bond donors (Lipinski definition) is 2. The van der Waals surface area contributed by atoms with Gasteiger partial charge in [0, 0.05) is 37.7 Å². The van der Waals surface area contributed by atoms with Gasteiger partial charge >= 0.3 is 0 Å². The van der Waals surface area contributed by atoms with E-state index >= 15 is 0 Å². The first-order chi connectivity index (χ1) is 15.2. The van der Waals surface area contributed by atoms with Gasteiger partial charge in [-0.05, 0) is 56.9 Å². The number of aryl methyl sites for hydroxylation is 3. The third-order valence-electron chi connectivity index (χ3n) is 5.82. The standard InChI is InChI=1S/C24H31N3O4S/c1-17-8-9-22(19(3)16-17)32(30,31)25-13-10-23(28)27-14-11-20(12-15-27)26-24(29)21-7-5-4-6-18(21)2/h4-9,16,20,25H,10-15H2,1-3H3,(H,26,29). The first-order valence-corrected chi connectivity index (χ1v) is 12.4. The van der Waals surface area contributed by atoms with Crippen LogP contribution in [0, 0.1) is 20.8 Å². The molecule has 1 saturated heterocycles. The molecule has 7 nitrogen and oxygen atoms in total. The number of nitrogens with zero attached hydrogens (tertiary/aromatic N) is 1. The Bertz CT molecular complexity index is 1090. The van der Waals surface area contributed by atoms with Crippen LogP contribution in [0.5, 0.6) is 0 Å². The SMILES string of the molecule is Cc1ccc(S(=O)(=O)NCCC(=O)N2CCC(NC(=O)c3ccccc3C)CC2)c(C)c1. The number of sulfonamides is 1. The molecule has 2 amide bonds. The third kappa shape index (κ3) is 5.95. The van der Waals surface area contributed by atoms with Crippen LogP contribution in [0.2, 0.25) is 0 Å². The van der Waals surface area contributed by atoms with Crippen LogP contribution in [-0.4, -0.2) is 50.8 Å². The minimum atomic E-state index is -3.65. The second-order valence-electron chi connectivity index (χ2n) is 8.36. The van der Waals surface area contributed by atoms with Crippen LogP contribution in [0.1, 0.15) is 46.3 Å². The topological polar surface area (TPSA) is 95.6 Å². The molecule has 0 radical (unpaired) electrons. The zero-order chi connectivity index (χ0) is 23.3. The number of benzene rings is 2. The Hall–Kier alpha value is -2.71. The fourth-order valence-corrected chi connectivity index (χ4v) is 5.25. The third-order valence-corrected chi connectivity index (χ3v) is 7.44. The van der Waals surface area contributed by atoms with Gasteiger partial charge in [0.25, 0.3) is 5.91 Å². The number of nitrogens with one attached hydrogen (secondary N) is 2. The Balaban J connectivity index is 1.44. The summed E-state index contributed by atoms with van der Waals surface area (Å²) in [5.74, 6) is -0.175. The van der Waals surface area contributed by atoms with Crippen molar-refractivity contribution < 1.29 is 18.0 Å². The Morgan fingerprint density at radius 1 is 1.00 bits per heavy atom. The van der Waals surface area contributed by atoms with Crippen molar-refractivity contribution in [3.63, 3.8) is 0 Å². The molecule has 2 N–H and O–H groups in total. The van der Waals surface area contributed by atoms with Crippen molar-refractivity contribution >= 4 is 21.8 Å². The molecule has 1 aliphatic rings. The molecule has 0 saturated carbocycles. The van der Waals surface area contributed by atoms with Gasteiger partial charge in [-0.1, -0.05) is 35.9 Å². The fraction of sp³-hybridized carbons (Fsp3) is 0.417. The molecule has 0 unspecified atom stereocenters. The summed E-state index contributed by atoms with van der Waals surface area (Å²) >= 11 is 0. The Labute approximate surface area is 190 Å². The number of rotatable bonds is 7. The van der Waals surface area contributed by atoms with E-state index in [1.54, 1.807) is 24.0 Å². The summed E-state index contributed by atoms with van der Waals surface area (Å²) in [6, 6.07) is 12.7. The molecule has 2 aromatic rings. The maximum absolute atomic E-state index is 12.5. The molecule has 172 valence electrons. The summed E-state index contributed by atoms with van der Waals surface area (Å²) in [5, 5.41) is 3.06. The largest absolute Gasteiger partial charge is 0.349 e. The highest BCUT2D eigenvalue weighted by molar-refractivity contribution is 7.89. The maximum Gasteiger partial charge on any atom is 0.251 e. The Morgan fingerprint density at radius 2 is 1.69 bits per heavy atom. The lowest BCUT2D eigenvalue weighted by molar-refractivity contribution is -0.132. The average Bonchev–Trinajstić information content (AvgIpc) is 2.74. The van der Waals surface area contributed by atoms with Crippen molar-refractivity contribution in [1.29, 1.82) is 0 Å². The van der Waals surface area contributed by atoms with Crippen molar-refractivity contribution in [2.24, 2.45) is 0 Å². The first-order valence-electron chi connectivity index (χ1n) is 10.9. The van der Waals surface area contributed by atoms with Gasteiger partial charge in [-0.15, -0.1) is 0 Å². The second-order valence-corrected chi connectivity index (χ2v) is 10.1. The number of carbonyl (C=O) groups excluding carboxylic acids is 2. The molecule has 0 aliphatic carbocycles. The summed E-state index contributed by atoms with van der Waals surface area (Å²) in [5.41, 5.74) is 3.27. The van der Waals surface area contributed by atoms with Crippen LogP contribution < -0.4 is 10.0 Å². The van der Waals surface area contributed by atoms with Gasteiger partial charge in [-0.25, -0.2) is 13.1 Å². The molecular weight excluding hydrogens is 426 g/mol. The molecule has 1 aliphatic heterocycles. The lowest BCUT2D eigenvalue weighted by Gasteiger charge is -2.32. The van der Waals surface area contributed by atoms with Gasteiger partial charge < -0.3 is 10.2 Å². The Morgan fingerprint density at radius 3 is 2.34 bits per heavy atom. The summed E-state index contributed by atoms with van der Waals surface area (Å²) in [6.07, 6.45) is 1.46. The van der Waals surface area contributed by atoms with Crippen LogP contribution in [-0.2, 0) is 14.8 Å². The van der Waals surface area contributed by atoms with E-state index in [0.717, 1.165) is 11.1 Å². The van der Waals surface area contributed by atoms with Gasteiger partial charge in [0.15, 0.2) is 0 Å². The van der Waals surface area contributed by atoms with E-state index in [0.29, 0.717) is 37.1 Å². The summed E-state index contributed by atoms with van der Waals surface area (Å²) in [4.78, 5) is 27.0. The predicted octanol–water partition coefficient (Wildman–Crippen LogP) is 2.70. The second kappa shape index (κ2) is 10.3. The average molecular weight is 458 g/mol.